The lowest BCUT2D eigenvalue weighted by Crippen LogP contribution is -2.09. The van der Waals surface area contributed by atoms with Gasteiger partial charge in [0.2, 0.25) is 5.95 Å². The summed E-state index contributed by atoms with van der Waals surface area (Å²) in [6.45, 7) is 6.97. The van der Waals surface area contributed by atoms with Crippen LogP contribution in [0, 0.1) is 20.8 Å². The van der Waals surface area contributed by atoms with Crippen LogP contribution in [0.25, 0.3) is 21.8 Å². The number of H-pyrrole nitrogens is 2. The fraction of sp³-hybridized carbons (Fsp3) is 0.231. The number of aryl methyl sites for hydroxylation is 3. The smallest absolute Gasteiger partial charge is 0.224 e. The van der Waals surface area contributed by atoms with Gasteiger partial charge in [-0.1, -0.05) is 0 Å². The van der Waals surface area contributed by atoms with Crippen molar-refractivity contribution in [2.45, 2.75) is 27.2 Å². The van der Waals surface area contributed by atoms with Gasteiger partial charge in [0.25, 0.3) is 0 Å². The Hall–Kier alpha value is -4.00. The van der Waals surface area contributed by atoms with Crippen LogP contribution >= 0.6 is 0 Å². The number of fused-ring (bicyclic) bond motifs is 2. The quantitative estimate of drug-likeness (QED) is 0.258. The van der Waals surface area contributed by atoms with Crippen molar-refractivity contribution in [3.05, 3.63) is 71.2 Å². The third-order valence-corrected chi connectivity index (χ3v) is 6.19. The molecular formula is C26H28N6O. The predicted molar refractivity (Wildman–Crippen MR) is 135 cm³/mol. The molecule has 0 bridgehead atoms. The molecule has 3 aromatic heterocycles. The second-order valence-electron chi connectivity index (χ2n) is 8.39. The molecule has 168 valence electrons. The summed E-state index contributed by atoms with van der Waals surface area (Å²) < 4.78 is 5.37. The molecule has 0 spiro atoms. The van der Waals surface area contributed by atoms with Gasteiger partial charge in [-0.05, 0) is 74.7 Å². The Morgan fingerprint density at radius 3 is 2.70 bits per heavy atom. The van der Waals surface area contributed by atoms with Crippen molar-refractivity contribution in [3.8, 4) is 5.75 Å². The third kappa shape index (κ3) is 4.09. The van der Waals surface area contributed by atoms with Crippen LogP contribution in [0.15, 0.2) is 48.8 Å². The van der Waals surface area contributed by atoms with E-state index < -0.39 is 0 Å². The van der Waals surface area contributed by atoms with E-state index in [-0.39, 0.29) is 0 Å². The molecule has 0 aliphatic heterocycles. The van der Waals surface area contributed by atoms with Crippen molar-refractivity contribution in [2.75, 3.05) is 24.3 Å². The lowest BCUT2D eigenvalue weighted by molar-refractivity contribution is 0.415. The van der Waals surface area contributed by atoms with Crippen molar-refractivity contribution in [2.24, 2.45) is 0 Å². The number of nitrogens with zero attached hydrogens (tertiary/aromatic N) is 2. The first kappa shape index (κ1) is 20.9. The fourth-order valence-corrected chi connectivity index (χ4v) is 4.13. The van der Waals surface area contributed by atoms with E-state index in [1.54, 1.807) is 7.11 Å². The van der Waals surface area contributed by atoms with E-state index in [0.29, 0.717) is 5.95 Å². The van der Waals surface area contributed by atoms with Crippen molar-refractivity contribution in [1.29, 1.82) is 0 Å². The third-order valence-electron chi connectivity index (χ3n) is 6.19. The number of anilines is 3. The van der Waals surface area contributed by atoms with E-state index in [9.17, 15) is 0 Å². The summed E-state index contributed by atoms with van der Waals surface area (Å²) in [6, 6.07) is 12.4. The van der Waals surface area contributed by atoms with Crippen LogP contribution in [0.3, 0.4) is 0 Å². The Labute approximate surface area is 192 Å². The molecule has 33 heavy (non-hydrogen) atoms. The SMILES string of the molecule is COc1ccc2[nH]cc(CCNc3ncc(C)c(Nc4ccc5[nH]c(C)c(C)c5c4)n3)c2c1. The summed E-state index contributed by atoms with van der Waals surface area (Å²) in [5, 5.41) is 9.21. The molecule has 0 saturated carbocycles. The van der Waals surface area contributed by atoms with Crippen molar-refractivity contribution in [3.63, 3.8) is 0 Å². The number of rotatable bonds is 7. The molecule has 0 amide bonds. The molecule has 4 N–H and O–H groups in total. The average molecular weight is 441 g/mol. The highest BCUT2D eigenvalue weighted by Crippen LogP contribution is 2.27. The second-order valence-corrected chi connectivity index (χ2v) is 8.39. The molecular weight excluding hydrogens is 412 g/mol. The summed E-state index contributed by atoms with van der Waals surface area (Å²) >= 11 is 0. The minimum Gasteiger partial charge on any atom is -0.497 e. The van der Waals surface area contributed by atoms with E-state index in [1.165, 1.54) is 27.6 Å². The first-order chi connectivity index (χ1) is 16.0. The van der Waals surface area contributed by atoms with Gasteiger partial charge in [0.05, 0.1) is 7.11 Å². The van der Waals surface area contributed by atoms with E-state index in [4.69, 9.17) is 9.72 Å². The molecule has 2 aromatic carbocycles. The van der Waals surface area contributed by atoms with E-state index in [1.807, 2.05) is 25.3 Å². The van der Waals surface area contributed by atoms with Crippen LogP contribution in [-0.2, 0) is 6.42 Å². The molecule has 0 atom stereocenters. The highest BCUT2D eigenvalue weighted by atomic mass is 16.5. The van der Waals surface area contributed by atoms with Crippen LogP contribution in [0.5, 0.6) is 5.75 Å². The highest BCUT2D eigenvalue weighted by Gasteiger charge is 2.09. The number of aromatic nitrogens is 4. The maximum absolute atomic E-state index is 5.37. The lowest BCUT2D eigenvalue weighted by atomic mass is 10.1. The molecule has 7 nitrogen and oxygen atoms in total. The standard InChI is InChI=1S/C26H28N6O/c1-15-13-29-26(27-10-9-18-14-28-23-8-6-20(33-4)12-22(18)23)32-25(15)31-19-5-7-24-21(11-19)16(2)17(3)30-24/h5-8,11-14,28,30H,9-10H2,1-4H3,(H2,27,29,31,32). The van der Waals surface area contributed by atoms with Crippen LogP contribution in [0.4, 0.5) is 17.5 Å². The number of aromatic amines is 2. The lowest BCUT2D eigenvalue weighted by Gasteiger charge is -2.11. The zero-order valence-electron chi connectivity index (χ0n) is 19.3. The molecule has 0 fully saturated rings. The molecule has 0 unspecified atom stereocenters. The van der Waals surface area contributed by atoms with Crippen LogP contribution in [-0.4, -0.2) is 33.6 Å². The van der Waals surface area contributed by atoms with Gasteiger partial charge in [0.1, 0.15) is 11.6 Å². The van der Waals surface area contributed by atoms with Gasteiger partial charge < -0.3 is 25.3 Å². The Balaban J connectivity index is 1.29. The van der Waals surface area contributed by atoms with Gasteiger partial charge in [-0.3, -0.25) is 0 Å². The topological polar surface area (TPSA) is 90.6 Å². The normalized spacial score (nSPS) is 11.3. The molecule has 3 heterocycles. The summed E-state index contributed by atoms with van der Waals surface area (Å²) in [5.74, 6) is 2.26. The molecule has 5 aromatic rings. The minimum atomic E-state index is 0.607. The van der Waals surface area contributed by atoms with E-state index in [0.717, 1.165) is 46.8 Å². The summed E-state index contributed by atoms with van der Waals surface area (Å²) in [6.07, 6.45) is 4.74. The Bertz CT molecular complexity index is 1450. The molecule has 0 aliphatic carbocycles. The van der Waals surface area contributed by atoms with Gasteiger partial charge in [-0.25, -0.2) is 4.98 Å². The fourth-order valence-electron chi connectivity index (χ4n) is 4.13. The van der Waals surface area contributed by atoms with E-state index >= 15 is 0 Å². The van der Waals surface area contributed by atoms with Gasteiger partial charge in [-0.2, -0.15) is 4.98 Å². The first-order valence-electron chi connectivity index (χ1n) is 11.1. The molecule has 0 radical (unpaired) electrons. The summed E-state index contributed by atoms with van der Waals surface area (Å²) in [4.78, 5) is 15.9. The van der Waals surface area contributed by atoms with Gasteiger partial charge in [0, 0.05) is 57.7 Å². The maximum atomic E-state index is 5.37. The Morgan fingerprint density at radius 1 is 1.00 bits per heavy atom. The Morgan fingerprint density at radius 2 is 1.85 bits per heavy atom. The van der Waals surface area contributed by atoms with Crippen LogP contribution < -0.4 is 15.4 Å². The molecule has 5 rings (SSSR count). The zero-order chi connectivity index (χ0) is 22.9. The van der Waals surface area contributed by atoms with Gasteiger partial charge >= 0.3 is 0 Å². The second kappa shape index (κ2) is 8.50. The number of ether oxygens (including phenoxy) is 1. The molecule has 0 saturated heterocycles. The van der Waals surface area contributed by atoms with E-state index in [2.05, 4.69) is 69.9 Å². The van der Waals surface area contributed by atoms with Crippen LogP contribution in [0.2, 0.25) is 0 Å². The molecule has 7 heteroatoms. The summed E-state index contributed by atoms with van der Waals surface area (Å²) in [5.41, 5.74) is 7.94. The van der Waals surface area contributed by atoms with Crippen molar-refractivity contribution >= 4 is 39.3 Å². The Kier molecular flexibility index (Phi) is 5.38. The number of methoxy groups -OCH3 is 1. The average Bonchev–Trinajstić information content (AvgIpc) is 3.35. The van der Waals surface area contributed by atoms with Crippen molar-refractivity contribution in [1.82, 2.24) is 19.9 Å². The maximum Gasteiger partial charge on any atom is 0.224 e. The van der Waals surface area contributed by atoms with Crippen LogP contribution in [0.1, 0.15) is 22.4 Å². The monoisotopic (exact) mass is 440 g/mol. The zero-order valence-corrected chi connectivity index (χ0v) is 19.3. The predicted octanol–water partition coefficient (Wildman–Crippen LogP) is 5.77. The van der Waals surface area contributed by atoms with Gasteiger partial charge in [-0.15, -0.1) is 0 Å². The number of hydrogen-bond acceptors (Lipinski definition) is 5. The number of benzene rings is 2. The highest BCUT2D eigenvalue weighted by molar-refractivity contribution is 5.88. The van der Waals surface area contributed by atoms with Crippen molar-refractivity contribution < 1.29 is 4.74 Å². The number of nitrogens with one attached hydrogen (secondary N) is 4. The first-order valence-corrected chi connectivity index (χ1v) is 11.1. The van der Waals surface area contributed by atoms with Gasteiger partial charge in [0.15, 0.2) is 0 Å². The molecule has 0 aliphatic rings. The minimum absolute atomic E-state index is 0.607. The number of hydrogen-bond donors (Lipinski definition) is 4. The summed E-state index contributed by atoms with van der Waals surface area (Å²) in [7, 11) is 1.69. The largest absolute Gasteiger partial charge is 0.497 e.